The van der Waals surface area contributed by atoms with Crippen LogP contribution in [-0.4, -0.2) is 145 Å². The fourth-order valence-corrected chi connectivity index (χ4v) is 19.6. The first kappa shape index (κ1) is 87.5. The number of likely N-dealkylation sites (tertiary alicyclic amines) is 1. The Morgan fingerprint density at radius 3 is 1.33 bits per heavy atom. The van der Waals surface area contributed by atoms with E-state index in [0.29, 0.717) is 75.1 Å². The first-order valence-electron chi connectivity index (χ1n) is 36.5. The smallest absolute Gasteiger partial charge is 0.410 e. The summed E-state index contributed by atoms with van der Waals surface area (Å²) in [5.74, 6) is 0.0528. The number of piperidine rings is 1. The van der Waals surface area contributed by atoms with Gasteiger partial charge in [0.25, 0.3) is 0 Å². The van der Waals surface area contributed by atoms with E-state index in [0.717, 1.165) is 134 Å². The highest BCUT2D eigenvalue weighted by Gasteiger charge is 2.34. The molecule has 29 nitrogen and oxygen atoms in total. The molecule has 0 spiro atoms. The van der Waals surface area contributed by atoms with Crippen LogP contribution in [0.5, 0.6) is 0 Å². The van der Waals surface area contributed by atoms with Gasteiger partial charge in [0, 0.05) is 128 Å². The van der Waals surface area contributed by atoms with Crippen molar-refractivity contribution in [3.05, 3.63) is 133 Å². The minimum Gasteiger partial charge on any atom is -0.444 e. The Bertz CT molecular complexity index is 5580. The van der Waals surface area contributed by atoms with Gasteiger partial charge in [0.1, 0.15) is 75.6 Å². The van der Waals surface area contributed by atoms with Gasteiger partial charge in [-0.15, -0.1) is 79.4 Å². The first-order valence-corrected chi connectivity index (χ1v) is 42.6. The molecule has 12 aromatic heterocycles. The van der Waals surface area contributed by atoms with E-state index in [1.165, 1.54) is 34.3 Å². The molecule has 0 radical (unpaired) electrons. The van der Waals surface area contributed by atoms with Crippen molar-refractivity contribution < 1.29 is 43.0 Å². The summed E-state index contributed by atoms with van der Waals surface area (Å²) in [5, 5.41) is 39.0. The zero-order chi connectivity index (χ0) is 83.6. The van der Waals surface area contributed by atoms with E-state index < -0.39 is 16.8 Å². The quantitative estimate of drug-likeness (QED) is 0.0665. The maximum Gasteiger partial charge on any atom is 0.410 e. The number of thiophene rings is 3. The minimum absolute atomic E-state index is 0. The molecule has 0 atom stereocenters. The Balaban J connectivity index is 0.000000151. The van der Waals surface area contributed by atoms with Crippen molar-refractivity contribution >= 4 is 189 Å². The van der Waals surface area contributed by atoms with Gasteiger partial charge in [-0.25, -0.2) is 34.3 Å². The van der Waals surface area contributed by atoms with Gasteiger partial charge in [-0.1, -0.05) is 12.2 Å². The van der Waals surface area contributed by atoms with E-state index in [9.17, 15) is 28.8 Å². The number of ketones is 1. The van der Waals surface area contributed by atoms with Gasteiger partial charge in [-0.2, -0.15) is 15.8 Å². The lowest BCUT2D eigenvalue weighted by Crippen LogP contribution is -2.41. The fourth-order valence-electron chi connectivity index (χ4n) is 11.7. The number of H-pyrrole nitrogens is 1. The number of hydrogen-bond acceptors (Lipinski definition) is 31. The number of amides is 5. The number of ether oxygens (including phenoxy) is 3. The van der Waals surface area contributed by atoms with Gasteiger partial charge in [-0.3, -0.25) is 34.3 Å². The number of thiazole rings is 4. The van der Waals surface area contributed by atoms with Gasteiger partial charge >= 0.3 is 18.3 Å². The number of rotatable bonds is 6. The molecule has 604 valence electrons. The van der Waals surface area contributed by atoms with Crippen LogP contribution in [0.25, 0.3) is 72.6 Å². The Morgan fingerprint density at radius 1 is 0.526 bits per heavy atom. The molecule has 4 aliphatic rings. The summed E-state index contributed by atoms with van der Waals surface area (Å²) in [6.07, 6.45) is 20.3. The molecule has 5 amide bonds. The third kappa shape index (κ3) is 24.1. The topological polar surface area (TPSA) is 418 Å². The molecule has 0 bridgehead atoms. The Labute approximate surface area is 702 Å². The second-order valence-electron chi connectivity index (χ2n) is 29.1. The number of fused-ring (bicyclic) bond motifs is 7. The maximum absolute atomic E-state index is 12.5. The molecule has 16 heterocycles. The van der Waals surface area contributed by atoms with Crippen LogP contribution in [0.4, 0.5) is 35.1 Å². The Kier molecular flexibility index (Phi) is 29.9. The molecule has 12 aromatic rings. The molecule has 16 rings (SSSR count). The molecular weight excluding hydrogens is 1630 g/mol. The summed E-state index contributed by atoms with van der Waals surface area (Å²) >= 11 is 15.9. The van der Waals surface area contributed by atoms with Gasteiger partial charge < -0.3 is 61.3 Å². The summed E-state index contributed by atoms with van der Waals surface area (Å²) < 4.78 is 21.3. The molecule has 0 unspecified atom stereocenters. The van der Waals surface area contributed by atoms with Crippen molar-refractivity contribution in [1.82, 2.24) is 64.9 Å². The second kappa shape index (κ2) is 39.6. The van der Waals surface area contributed by atoms with Crippen LogP contribution >= 0.6 is 91.6 Å². The molecule has 116 heavy (non-hydrogen) atoms. The molecule has 37 heteroatoms. The van der Waals surface area contributed by atoms with Gasteiger partial charge in [0.2, 0.25) is 11.8 Å². The number of carbonyl (C=O) groups excluding carboxylic acids is 6. The van der Waals surface area contributed by atoms with E-state index in [1.54, 1.807) is 170 Å². The number of aromatic amines is 1. The van der Waals surface area contributed by atoms with Gasteiger partial charge in [0.15, 0.2) is 0 Å². The van der Waals surface area contributed by atoms with Crippen molar-refractivity contribution in [2.45, 2.75) is 158 Å². The molecule has 0 aromatic carbocycles. The highest BCUT2D eigenvalue weighted by Crippen LogP contribution is 2.48. The SMILES string of the molecule is CC(=O)Nc1sc2c(c1-c1nc3cnccc3s1)CCN(C(=O)OC(C)(C)C)C2.CC(=O)Nc1sc2c(c1-c1nc3cnccc3s1)CCNC2.CC(C)(C)OC(=O)N1CCC(=O)CC1.CC(C)(C)OC(=O)N1CCc2c(sc(N)c2-c2nc3cnccc3s2)C1.N#CCC#N.N#CCc1nc2cnccc2s1.Nc1c[nH]ccc1=S. The predicted molar refractivity (Wildman–Crippen MR) is 462 cm³/mol. The third-order valence-electron chi connectivity index (χ3n) is 16.6. The average Bonchev–Trinajstić information content (AvgIpc) is 1.62. The van der Waals surface area contributed by atoms with E-state index in [1.807, 2.05) is 86.6 Å². The number of nitrogens with one attached hydrogen (secondary N) is 4. The normalized spacial score (nSPS) is 13.4. The molecule has 0 saturated carbocycles. The van der Waals surface area contributed by atoms with Crippen molar-refractivity contribution in [3.8, 4) is 49.9 Å². The van der Waals surface area contributed by atoms with Crippen molar-refractivity contribution in [3.63, 3.8) is 0 Å². The third-order valence-corrected chi connectivity index (χ3v) is 24.5. The fraction of sp³-hybridized carbons (Fsp3) is 0.367. The largest absolute Gasteiger partial charge is 0.444 e. The standard InChI is InChI=1S/C20H22N4O3S2.C18H20N4O2S2.C15H14N4OS2.C10H17NO3.C8H5N3S.C5H6N2S.C3H2N2/c1-11(25)22-17-16(18-23-13-9-21-7-5-14(13)28-18)12-6-8-24(10-15(12)29-17)19(26)27-20(2,3)4;1-18(2,3)24-17(23)22-7-5-10-13(9-22)25-15(19)14(10)16-21-11-8-20-6-4-12(11)26-16;1-8(20)18-14-13(9-2-4-17-7-12(9)22-14)15-19-10-6-16-5-3-11(10)21-15;1-10(2,3)14-9(13)11-6-4-8(12)5-7-11;9-3-1-8-11-6-5-10-4-2-7(6)12-8;6-4-3-7-2-1-5(4)8;4-2-1-3-5/h5,7,9H,6,8,10H2,1-4H3,(H,22,25);4,6,8H,5,7,9,19H2,1-3H3;3,5-6,17H,2,4,7H2,1H3,(H,18,20);4-7H2,1-3H3;2,4-5H,1H2;1-3H,6H2,(H,7,8);1H2. The van der Waals surface area contributed by atoms with Crippen LogP contribution in [-0.2, 0) is 73.9 Å². The highest BCUT2D eigenvalue weighted by atomic mass is 32.1. The van der Waals surface area contributed by atoms with Gasteiger partial charge in [-0.05, 0) is 135 Å². The lowest BCUT2D eigenvalue weighted by molar-refractivity contribution is -0.121. The summed E-state index contributed by atoms with van der Waals surface area (Å²) in [6.45, 7) is 24.8. The summed E-state index contributed by atoms with van der Waals surface area (Å²) in [5.41, 5.74) is 21.1. The molecule has 0 aliphatic carbocycles. The molecule has 8 N–H and O–H groups in total. The van der Waals surface area contributed by atoms with Crippen LogP contribution in [0.3, 0.4) is 0 Å². The lowest BCUT2D eigenvalue weighted by Gasteiger charge is -2.30. The number of anilines is 4. The second-order valence-corrected chi connectivity index (χ2v) is 37.1. The van der Waals surface area contributed by atoms with Crippen molar-refractivity contribution in [1.29, 1.82) is 15.8 Å². The van der Waals surface area contributed by atoms with E-state index in [-0.39, 0.29) is 42.3 Å². The number of nitrogen functional groups attached to an aromatic ring is 2. The number of nitrogens with zero attached hydrogens (tertiary/aromatic N) is 14. The maximum atomic E-state index is 12.5. The number of Topliss-reactive ketones (excluding diaryl/α,β-unsaturated/α-hetero) is 1. The molecular formula is C79H86N20O9S8. The van der Waals surface area contributed by atoms with Crippen LogP contribution in [0.15, 0.2) is 92.3 Å². The molecule has 1 fully saturated rings. The van der Waals surface area contributed by atoms with Crippen LogP contribution in [0.1, 0.15) is 132 Å². The predicted octanol–water partition coefficient (Wildman–Crippen LogP) is 17.1. The van der Waals surface area contributed by atoms with Crippen LogP contribution in [0, 0.1) is 38.5 Å². The highest BCUT2D eigenvalue weighted by molar-refractivity contribution is 7.71. The summed E-state index contributed by atoms with van der Waals surface area (Å²) in [4.78, 5) is 117. The average molecular weight is 1720 g/mol. The number of carbonyl (C=O) groups is 6. The first-order chi connectivity index (χ1) is 55.2. The number of nitriles is 3. The Morgan fingerprint density at radius 2 is 0.931 bits per heavy atom. The number of hydrogen-bond donors (Lipinski definition) is 6. The zero-order valence-corrected chi connectivity index (χ0v) is 72.2. The summed E-state index contributed by atoms with van der Waals surface area (Å²) in [7, 11) is 0. The zero-order valence-electron chi connectivity index (χ0n) is 65.6. The number of pyridine rings is 5. The van der Waals surface area contributed by atoms with E-state index in [4.69, 9.17) is 68.6 Å². The van der Waals surface area contributed by atoms with Crippen molar-refractivity contribution in [2.24, 2.45) is 0 Å². The lowest BCUT2D eigenvalue weighted by atomic mass is 10.0. The number of aromatic nitrogens is 9. The summed E-state index contributed by atoms with van der Waals surface area (Å²) in [6, 6.07) is 14.9. The monoisotopic (exact) mass is 1710 g/mol. The number of nitrogens with two attached hydrogens (primary N) is 2. The van der Waals surface area contributed by atoms with E-state index >= 15 is 0 Å². The van der Waals surface area contributed by atoms with Crippen LogP contribution < -0.4 is 27.4 Å². The van der Waals surface area contributed by atoms with Crippen LogP contribution in [0.2, 0.25) is 0 Å². The Hall–Kier alpha value is -10.9. The molecule has 1 saturated heterocycles. The van der Waals surface area contributed by atoms with Gasteiger partial charge in [0.05, 0.1) is 102 Å². The van der Waals surface area contributed by atoms with E-state index in [2.05, 4.69) is 51.9 Å². The van der Waals surface area contributed by atoms with Crippen molar-refractivity contribution in [2.75, 3.05) is 54.8 Å². The minimum atomic E-state index is -0.533. The molecule has 4 aliphatic heterocycles.